The van der Waals surface area contributed by atoms with E-state index in [4.69, 9.17) is 10.8 Å². The number of hydrogen-bond acceptors (Lipinski definition) is 3. The van der Waals surface area contributed by atoms with E-state index in [9.17, 15) is 13.6 Å². The van der Waals surface area contributed by atoms with Crippen molar-refractivity contribution in [3.63, 3.8) is 0 Å². The summed E-state index contributed by atoms with van der Waals surface area (Å²) < 4.78 is 24.8. The number of nitrogens with two attached hydrogens (primary N) is 1. The molecule has 0 spiro atoms. The summed E-state index contributed by atoms with van der Waals surface area (Å²) >= 11 is 2.88. The number of rotatable bonds is 2. The molecule has 0 saturated carbocycles. The van der Waals surface area contributed by atoms with Crippen LogP contribution < -0.4 is 5.73 Å². The Hall–Kier alpha value is -1.24. The summed E-state index contributed by atoms with van der Waals surface area (Å²) in [4.78, 5) is 13.9. The van der Waals surface area contributed by atoms with Crippen LogP contribution in [0.25, 0.3) is 0 Å². The molecule has 0 aliphatic heterocycles. The lowest BCUT2D eigenvalue weighted by molar-refractivity contribution is 0.0677. The molecule has 3 N–H and O–H groups in total. The van der Waals surface area contributed by atoms with Crippen molar-refractivity contribution in [2.24, 2.45) is 0 Å². The number of aromatic nitrogens is 1. The number of alkyl halides is 2. The van der Waals surface area contributed by atoms with E-state index in [0.717, 1.165) is 6.07 Å². The van der Waals surface area contributed by atoms with Crippen molar-refractivity contribution < 1.29 is 18.7 Å². The van der Waals surface area contributed by atoms with Gasteiger partial charge >= 0.3 is 5.97 Å². The molecule has 76 valence electrons. The maximum Gasteiger partial charge on any atom is 0.355 e. The van der Waals surface area contributed by atoms with Gasteiger partial charge in [-0.15, -0.1) is 0 Å². The average molecular weight is 267 g/mol. The predicted molar refractivity (Wildman–Crippen MR) is 48.3 cm³/mol. The van der Waals surface area contributed by atoms with Crippen LogP contribution >= 0.6 is 15.9 Å². The van der Waals surface area contributed by atoms with Crippen LogP contribution in [0.15, 0.2) is 10.5 Å². The highest BCUT2D eigenvalue weighted by molar-refractivity contribution is 9.10. The number of carboxylic acids is 1. The molecule has 0 aromatic carbocycles. The first-order valence-corrected chi connectivity index (χ1v) is 4.20. The second-order valence-electron chi connectivity index (χ2n) is 2.40. The van der Waals surface area contributed by atoms with Gasteiger partial charge in [-0.1, -0.05) is 0 Å². The van der Waals surface area contributed by atoms with Crippen LogP contribution in [0.3, 0.4) is 0 Å². The highest BCUT2D eigenvalue weighted by atomic mass is 79.9. The summed E-state index contributed by atoms with van der Waals surface area (Å²) in [7, 11) is 0. The van der Waals surface area contributed by atoms with Crippen LogP contribution in [0.5, 0.6) is 0 Å². The van der Waals surface area contributed by atoms with E-state index in [2.05, 4.69) is 20.9 Å². The van der Waals surface area contributed by atoms with Gasteiger partial charge in [-0.2, -0.15) is 0 Å². The molecule has 0 atom stereocenters. The van der Waals surface area contributed by atoms with Gasteiger partial charge in [0, 0.05) is 0 Å². The van der Waals surface area contributed by atoms with E-state index in [1.165, 1.54) is 0 Å². The number of nitrogen functional groups attached to an aromatic ring is 1. The van der Waals surface area contributed by atoms with Gasteiger partial charge in [0.05, 0.1) is 10.0 Å². The Bertz CT molecular complexity index is 384. The Labute approximate surface area is 85.9 Å². The summed E-state index contributed by atoms with van der Waals surface area (Å²) in [6.07, 6.45) is -2.90. The molecule has 4 nitrogen and oxygen atoms in total. The number of carboxylic acid groups (broad SMARTS) is 1. The number of hydrogen-bond donors (Lipinski definition) is 2. The van der Waals surface area contributed by atoms with E-state index < -0.39 is 23.7 Å². The number of aromatic carboxylic acids is 1. The van der Waals surface area contributed by atoms with Crippen molar-refractivity contribution in [1.29, 1.82) is 0 Å². The fraction of sp³-hybridized carbons (Fsp3) is 0.143. The number of pyridine rings is 1. The molecule has 1 aromatic rings. The fourth-order valence-electron chi connectivity index (χ4n) is 0.855. The van der Waals surface area contributed by atoms with Gasteiger partial charge in [-0.05, 0) is 22.0 Å². The topological polar surface area (TPSA) is 76.2 Å². The Morgan fingerprint density at radius 1 is 1.64 bits per heavy atom. The van der Waals surface area contributed by atoms with Crippen LogP contribution in [-0.4, -0.2) is 16.1 Å². The minimum atomic E-state index is -2.90. The standard InChI is InChI=1S/C7H5BrF2N2O2/c8-3-1-2(5(9)10)4(7(13)14)12-6(3)11/h1,5H,(H2,11,12)(H,13,14). The van der Waals surface area contributed by atoms with Crippen molar-refractivity contribution in [3.05, 3.63) is 21.8 Å². The van der Waals surface area contributed by atoms with Crippen molar-refractivity contribution in [1.82, 2.24) is 4.98 Å². The summed E-state index contributed by atoms with van der Waals surface area (Å²) in [5.41, 5.74) is 3.89. The van der Waals surface area contributed by atoms with Gasteiger partial charge in [0.2, 0.25) is 0 Å². The van der Waals surface area contributed by atoms with Crippen LogP contribution in [-0.2, 0) is 0 Å². The van der Waals surface area contributed by atoms with Crippen molar-refractivity contribution in [2.75, 3.05) is 5.73 Å². The molecule has 0 saturated heterocycles. The summed E-state index contributed by atoms with van der Waals surface area (Å²) in [5.74, 6) is -1.66. The Balaban J connectivity index is 3.39. The number of halogens is 3. The summed E-state index contributed by atoms with van der Waals surface area (Å²) in [6.45, 7) is 0. The van der Waals surface area contributed by atoms with Crippen molar-refractivity contribution in [3.8, 4) is 0 Å². The molecule has 0 bridgehead atoms. The molecule has 1 heterocycles. The monoisotopic (exact) mass is 266 g/mol. The van der Waals surface area contributed by atoms with Crippen LogP contribution in [0.4, 0.5) is 14.6 Å². The van der Waals surface area contributed by atoms with E-state index in [-0.39, 0.29) is 10.3 Å². The summed E-state index contributed by atoms with van der Waals surface area (Å²) in [6, 6.07) is 0.955. The Morgan fingerprint density at radius 3 is 2.64 bits per heavy atom. The normalized spacial score (nSPS) is 10.6. The molecule has 0 amide bonds. The molecule has 14 heavy (non-hydrogen) atoms. The zero-order chi connectivity index (χ0) is 10.9. The van der Waals surface area contributed by atoms with Crippen LogP contribution in [0.1, 0.15) is 22.5 Å². The number of carbonyl (C=O) groups is 1. The first kappa shape index (κ1) is 10.8. The minimum Gasteiger partial charge on any atom is -0.476 e. The Kier molecular flexibility index (Phi) is 3.00. The molecule has 7 heteroatoms. The van der Waals surface area contributed by atoms with Gasteiger partial charge in [-0.3, -0.25) is 0 Å². The maximum absolute atomic E-state index is 12.3. The first-order chi connectivity index (χ1) is 6.43. The zero-order valence-corrected chi connectivity index (χ0v) is 8.25. The van der Waals surface area contributed by atoms with Gasteiger partial charge < -0.3 is 10.8 Å². The third-order valence-electron chi connectivity index (χ3n) is 1.47. The van der Waals surface area contributed by atoms with E-state index in [0.29, 0.717) is 0 Å². The third kappa shape index (κ3) is 1.98. The molecule has 0 unspecified atom stereocenters. The fourth-order valence-corrected chi connectivity index (χ4v) is 1.19. The lowest BCUT2D eigenvalue weighted by Gasteiger charge is -2.06. The molecule has 0 aliphatic rings. The molecular weight excluding hydrogens is 262 g/mol. The largest absolute Gasteiger partial charge is 0.476 e. The number of anilines is 1. The lowest BCUT2D eigenvalue weighted by Crippen LogP contribution is -2.08. The molecule has 0 fully saturated rings. The molecular formula is C7H5BrF2N2O2. The van der Waals surface area contributed by atoms with Gasteiger partial charge in [0.1, 0.15) is 5.82 Å². The van der Waals surface area contributed by atoms with Gasteiger partial charge in [-0.25, -0.2) is 18.6 Å². The number of nitrogens with zero attached hydrogens (tertiary/aromatic N) is 1. The lowest BCUT2D eigenvalue weighted by atomic mass is 10.2. The highest BCUT2D eigenvalue weighted by Crippen LogP contribution is 2.28. The molecule has 1 rings (SSSR count). The van der Waals surface area contributed by atoms with E-state index in [1.54, 1.807) is 0 Å². The van der Waals surface area contributed by atoms with Crippen LogP contribution in [0.2, 0.25) is 0 Å². The molecule has 1 aromatic heterocycles. The highest BCUT2D eigenvalue weighted by Gasteiger charge is 2.21. The second kappa shape index (κ2) is 3.87. The smallest absolute Gasteiger partial charge is 0.355 e. The van der Waals surface area contributed by atoms with Gasteiger partial charge in [0.15, 0.2) is 5.69 Å². The van der Waals surface area contributed by atoms with E-state index >= 15 is 0 Å². The van der Waals surface area contributed by atoms with Crippen LogP contribution in [0, 0.1) is 0 Å². The predicted octanol–water partition coefficient (Wildman–Crippen LogP) is 2.06. The van der Waals surface area contributed by atoms with E-state index in [1.807, 2.05) is 0 Å². The quantitative estimate of drug-likeness (QED) is 0.859. The second-order valence-corrected chi connectivity index (χ2v) is 3.25. The molecule has 0 aliphatic carbocycles. The van der Waals surface area contributed by atoms with Crippen molar-refractivity contribution in [2.45, 2.75) is 6.43 Å². The Morgan fingerprint density at radius 2 is 2.21 bits per heavy atom. The molecule has 0 radical (unpaired) electrons. The SMILES string of the molecule is Nc1nc(C(=O)O)c(C(F)F)cc1Br. The van der Waals surface area contributed by atoms with Crippen molar-refractivity contribution >= 4 is 27.7 Å². The van der Waals surface area contributed by atoms with Gasteiger partial charge in [0.25, 0.3) is 6.43 Å². The first-order valence-electron chi connectivity index (χ1n) is 3.41. The maximum atomic E-state index is 12.3. The summed E-state index contributed by atoms with van der Waals surface area (Å²) in [5, 5.41) is 8.56. The minimum absolute atomic E-state index is 0.133. The average Bonchev–Trinajstić information content (AvgIpc) is 2.08. The third-order valence-corrected chi connectivity index (χ3v) is 2.11. The zero-order valence-electron chi connectivity index (χ0n) is 6.67.